The van der Waals surface area contributed by atoms with Gasteiger partial charge in [0.1, 0.15) is 17.9 Å². The minimum atomic E-state index is -0.809. The van der Waals surface area contributed by atoms with Crippen molar-refractivity contribution in [2.45, 2.75) is 33.4 Å². The van der Waals surface area contributed by atoms with E-state index in [4.69, 9.17) is 30.2 Å². The number of halogens is 1. The smallest absolute Gasteiger partial charge is 0.295 e. The fourth-order valence-corrected chi connectivity index (χ4v) is 5.68. The molecule has 218 valence electrons. The topological polar surface area (TPSA) is 78.2 Å². The Morgan fingerprint density at radius 3 is 2.33 bits per heavy atom. The predicted octanol–water partition coefficient (Wildman–Crippen LogP) is 7.80. The van der Waals surface area contributed by atoms with E-state index in [0.717, 1.165) is 16.7 Å². The highest BCUT2D eigenvalue weighted by atomic mass is 35.5. The Labute approximate surface area is 254 Å². The molecule has 43 heavy (non-hydrogen) atoms. The second-order valence-corrected chi connectivity index (χ2v) is 10.8. The third-order valence-electron chi connectivity index (χ3n) is 7.72. The van der Waals surface area contributed by atoms with Gasteiger partial charge in [-0.2, -0.15) is 0 Å². The van der Waals surface area contributed by atoms with Gasteiger partial charge in [0.15, 0.2) is 16.9 Å². The summed E-state index contributed by atoms with van der Waals surface area (Å²) in [6, 6.07) is 23.2. The number of aryl methyl sites for hydroxylation is 2. The summed E-state index contributed by atoms with van der Waals surface area (Å²) in [6.07, 6.45) is 0. The van der Waals surface area contributed by atoms with Crippen molar-refractivity contribution in [1.29, 1.82) is 0 Å². The molecule has 1 aliphatic heterocycles. The molecule has 4 aromatic carbocycles. The maximum absolute atomic E-state index is 14.2. The second-order valence-electron chi connectivity index (χ2n) is 10.4. The fraction of sp³-hybridized carbons (Fsp3) is 0.200. The normalized spacial score (nSPS) is 14.2. The van der Waals surface area contributed by atoms with E-state index >= 15 is 0 Å². The fourth-order valence-electron chi connectivity index (χ4n) is 5.43. The van der Waals surface area contributed by atoms with Crippen molar-refractivity contribution in [3.8, 4) is 17.2 Å². The van der Waals surface area contributed by atoms with Gasteiger partial charge >= 0.3 is 0 Å². The van der Waals surface area contributed by atoms with Crippen LogP contribution >= 0.6 is 11.6 Å². The van der Waals surface area contributed by atoms with Crippen molar-refractivity contribution in [1.82, 2.24) is 0 Å². The zero-order chi connectivity index (χ0) is 30.2. The van der Waals surface area contributed by atoms with Gasteiger partial charge in [0, 0.05) is 5.69 Å². The van der Waals surface area contributed by atoms with E-state index in [0.29, 0.717) is 57.7 Å². The molecule has 0 aliphatic carbocycles. The third kappa shape index (κ3) is 5.10. The number of benzene rings is 4. The molecule has 0 radical (unpaired) electrons. The maximum atomic E-state index is 14.2. The van der Waals surface area contributed by atoms with Crippen molar-refractivity contribution in [2.24, 2.45) is 0 Å². The lowest BCUT2D eigenvalue weighted by Gasteiger charge is -2.26. The number of rotatable bonds is 8. The van der Waals surface area contributed by atoms with Gasteiger partial charge < -0.3 is 18.6 Å². The molecule has 0 N–H and O–H groups in total. The van der Waals surface area contributed by atoms with Crippen LogP contribution in [0.4, 0.5) is 5.69 Å². The number of carbonyl (C=O) groups excluding carboxylic acids is 1. The van der Waals surface area contributed by atoms with Crippen molar-refractivity contribution >= 4 is 34.2 Å². The van der Waals surface area contributed by atoms with Crippen LogP contribution in [0.15, 0.2) is 88.1 Å². The van der Waals surface area contributed by atoms with E-state index < -0.39 is 11.9 Å². The van der Waals surface area contributed by atoms with Crippen LogP contribution in [0.2, 0.25) is 5.02 Å². The van der Waals surface area contributed by atoms with Crippen LogP contribution in [0.3, 0.4) is 0 Å². The van der Waals surface area contributed by atoms with Crippen LogP contribution in [-0.2, 0) is 6.61 Å². The lowest BCUT2D eigenvalue weighted by molar-refractivity contribution is 0.0971. The van der Waals surface area contributed by atoms with Gasteiger partial charge in [-0.05, 0) is 85.5 Å². The van der Waals surface area contributed by atoms with Gasteiger partial charge in [-0.3, -0.25) is 14.5 Å². The van der Waals surface area contributed by atoms with Gasteiger partial charge in [0.05, 0.1) is 35.7 Å². The molecule has 0 fully saturated rings. The molecule has 8 heteroatoms. The van der Waals surface area contributed by atoms with E-state index in [2.05, 4.69) is 0 Å². The molecule has 1 amide bonds. The van der Waals surface area contributed by atoms with E-state index in [-0.39, 0.29) is 16.8 Å². The van der Waals surface area contributed by atoms with Gasteiger partial charge in [-0.15, -0.1) is 0 Å². The molecule has 1 aromatic heterocycles. The number of nitrogens with zero attached hydrogens (tertiary/aromatic N) is 1. The van der Waals surface area contributed by atoms with Crippen LogP contribution in [0.5, 0.6) is 17.2 Å². The number of carbonyl (C=O) groups is 1. The van der Waals surface area contributed by atoms with Crippen molar-refractivity contribution in [3.63, 3.8) is 0 Å². The highest BCUT2D eigenvalue weighted by molar-refractivity contribution is 6.32. The second kappa shape index (κ2) is 11.5. The van der Waals surface area contributed by atoms with E-state index in [1.54, 1.807) is 30.3 Å². The summed E-state index contributed by atoms with van der Waals surface area (Å²) in [5.41, 5.74) is 4.45. The maximum Gasteiger partial charge on any atom is 0.295 e. The Bertz CT molecular complexity index is 1920. The monoisotopic (exact) mass is 595 g/mol. The highest BCUT2D eigenvalue weighted by Gasteiger charge is 2.44. The molecule has 1 unspecified atom stereocenters. The third-order valence-corrected chi connectivity index (χ3v) is 8.02. The van der Waals surface area contributed by atoms with Gasteiger partial charge in [0.2, 0.25) is 5.76 Å². The SMILES string of the molecule is CCOc1cc(C2c3c(oc4cc(C)c(C)cc4c3=O)C(=O)N2c2ccc(OC)c(Cl)c2)ccc1OCc1ccccc1. The molecular weight excluding hydrogens is 566 g/mol. The molecule has 0 saturated heterocycles. The number of anilines is 1. The molecule has 1 atom stereocenters. The lowest BCUT2D eigenvalue weighted by Crippen LogP contribution is -2.29. The summed E-state index contributed by atoms with van der Waals surface area (Å²) in [4.78, 5) is 29.8. The number of fused-ring (bicyclic) bond motifs is 2. The van der Waals surface area contributed by atoms with E-state index in [1.165, 1.54) is 12.0 Å². The molecule has 1 aliphatic rings. The van der Waals surface area contributed by atoms with Gasteiger partial charge in [-0.1, -0.05) is 48.0 Å². The lowest BCUT2D eigenvalue weighted by atomic mass is 9.97. The van der Waals surface area contributed by atoms with Crippen LogP contribution in [0.25, 0.3) is 11.0 Å². The standard InChI is InChI=1S/C35H30ClNO6/c1-5-41-30-17-23(11-13-28(30)42-19-22-9-7-6-8-10-22)32-31-33(38)25-15-20(2)21(3)16-29(25)43-34(31)35(39)37(32)24-12-14-27(40-4)26(36)18-24/h6-18,32H,5,19H2,1-4H3. The summed E-state index contributed by atoms with van der Waals surface area (Å²) in [7, 11) is 1.52. The minimum absolute atomic E-state index is 0.0000533. The Morgan fingerprint density at radius 1 is 0.860 bits per heavy atom. The Hall–Kier alpha value is -4.75. The van der Waals surface area contributed by atoms with Gasteiger partial charge in [-0.25, -0.2) is 0 Å². The summed E-state index contributed by atoms with van der Waals surface area (Å²) < 4.78 is 23.6. The summed E-state index contributed by atoms with van der Waals surface area (Å²) in [5.74, 6) is 1.08. The van der Waals surface area contributed by atoms with Crippen molar-refractivity contribution in [2.75, 3.05) is 18.6 Å². The number of methoxy groups -OCH3 is 1. The first-order chi connectivity index (χ1) is 20.8. The van der Waals surface area contributed by atoms with E-state index in [1.807, 2.05) is 69.3 Å². The van der Waals surface area contributed by atoms with Crippen LogP contribution in [0, 0.1) is 13.8 Å². The summed E-state index contributed by atoms with van der Waals surface area (Å²) in [6.45, 7) is 6.52. The quantitative estimate of drug-likeness (QED) is 0.182. The number of hydrogen-bond donors (Lipinski definition) is 0. The average Bonchev–Trinajstić information content (AvgIpc) is 3.30. The summed E-state index contributed by atoms with van der Waals surface area (Å²) in [5, 5.41) is 0.750. The zero-order valence-corrected chi connectivity index (χ0v) is 25.0. The molecule has 7 nitrogen and oxygen atoms in total. The Kier molecular flexibility index (Phi) is 7.59. The zero-order valence-electron chi connectivity index (χ0n) is 24.3. The predicted molar refractivity (Wildman–Crippen MR) is 167 cm³/mol. The molecular formula is C35H30ClNO6. The number of hydrogen-bond acceptors (Lipinski definition) is 6. The first-order valence-corrected chi connectivity index (χ1v) is 14.4. The average molecular weight is 596 g/mol. The van der Waals surface area contributed by atoms with Crippen molar-refractivity contribution in [3.05, 3.63) is 128 Å². The Morgan fingerprint density at radius 2 is 1.60 bits per heavy atom. The summed E-state index contributed by atoms with van der Waals surface area (Å²) >= 11 is 6.50. The number of amides is 1. The van der Waals surface area contributed by atoms with Crippen LogP contribution < -0.4 is 24.5 Å². The Balaban J connectivity index is 1.52. The first kappa shape index (κ1) is 28.4. The minimum Gasteiger partial charge on any atom is -0.495 e. The van der Waals surface area contributed by atoms with Crippen molar-refractivity contribution < 1.29 is 23.4 Å². The molecule has 2 heterocycles. The van der Waals surface area contributed by atoms with Crippen LogP contribution in [-0.4, -0.2) is 19.6 Å². The van der Waals surface area contributed by atoms with Gasteiger partial charge in [0.25, 0.3) is 5.91 Å². The molecule has 0 saturated carbocycles. The molecule has 5 aromatic rings. The molecule has 0 spiro atoms. The number of ether oxygens (including phenoxy) is 3. The molecule has 6 rings (SSSR count). The molecule has 0 bridgehead atoms. The highest BCUT2D eigenvalue weighted by Crippen LogP contribution is 2.44. The van der Waals surface area contributed by atoms with E-state index in [9.17, 15) is 9.59 Å². The first-order valence-electron chi connectivity index (χ1n) is 14.0. The van der Waals surface area contributed by atoms with Crippen LogP contribution in [0.1, 0.15) is 51.3 Å². The largest absolute Gasteiger partial charge is 0.495 e.